The summed E-state index contributed by atoms with van der Waals surface area (Å²) in [6.07, 6.45) is -3.68. The van der Waals surface area contributed by atoms with E-state index in [0.717, 1.165) is 23.3 Å². The minimum Gasteiger partial charge on any atom is -0.494 e. The van der Waals surface area contributed by atoms with Crippen molar-refractivity contribution >= 4 is 12.0 Å². The van der Waals surface area contributed by atoms with Crippen molar-refractivity contribution in [2.75, 3.05) is 20.2 Å². The van der Waals surface area contributed by atoms with Gasteiger partial charge in [-0.05, 0) is 61.4 Å². The monoisotopic (exact) mass is 570 g/mol. The van der Waals surface area contributed by atoms with Gasteiger partial charge >= 0.3 is 18.2 Å². The molecule has 1 saturated heterocycles. The number of aryl methyl sites for hydroxylation is 1. The molecule has 0 spiro atoms. The number of nitrogens with zero attached hydrogens (tertiary/aromatic N) is 2. The van der Waals surface area contributed by atoms with Crippen LogP contribution in [0, 0.1) is 6.92 Å². The molecule has 0 radical (unpaired) electrons. The number of carboxylic acid groups (broad SMARTS) is 1. The van der Waals surface area contributed by atoms with Crippen LogP contribution in [0.15, 0.2) is 72.8 Å². The summed E-state index contributed by atoms with van der Waals surface area (Å²) in [7, 11) is 1.70. The maximum atomic E-state index is 12.8. The molecule has 2 unspecified atom stereocenters. The second kappa shape index (κ2) is 12.1. The quantitative estimate of drug-likeness (QED) is 0.298. The first-order chi connectivity index (χ1) is 19.3. The molecule has 0 bridgehead atoms. The standard InChI is InChI=1S/C31H33F3N2O5/c1-21-4-12-27(13-5-21)41-30(2,28(37)38)18-22-8-14-26(15-9-22)40-17-16-25-20-36(29(39)35(25)3)19-23-6-10-24(11-7-23)31(32,33)34/h4-15,25H,16-20H2,1-3H3,(H,37,38). The summed E-state index contributed by atoms with van der Waals surface area (Å²) < 4.78 is 50.2. The van der Waals surface area contributed by atoms with Gasteiger partial charge in [0.25, 0.3) is 0 Å². The van der Waals surface area contributed by atoms with Crippen molar-refractivity contribution < 1.29 is 37.3 Å². The Labute approximate surface area is 237 Å². The molecular weight excluding hydrogens is 537 g/mol. The first-order valence-corrected chi connectivity index (χ1v) is 13.2. The lowest BCUT2D eigenvalue weighted by atomic mass is 9.96. The molecule has 7 nitrogen and oxygen atoms in total. The fourth-order valence-corrected chi connectivity index (χ4v) is 4.70. The minimum absolute atomic E-state index is 0.105. The van der Waals surface area contributed by atoms with E-state index in [1.807, 2.05) is 19.1 Å². The summed E-state index contributed by atoms with van der Waals surface area (Å²) >= 11 is 0. The largest absolute Gasteiger partial charge is 0.494 e. The molecule has 3 aromatic carbocycles. The fraction of sp³-hybridized carbons (Fsp3) is 0.355. The average molecular weight is 571 g/mol. The van der Waals surface area contributed by atoms with Crippen LogP contribution in [0.2, 0.25) is 0 Å². The number of likely N-dealkylation sites (N-methyl/N-ethyl adjacent to an activating group) is 1. The Morgan fingerprint density at radius 1 is 0.951 bits per heavy atom. The smallest absolute Gasteiger partial charge is 0.416 e. The van der Waals surface area contributed by atoms with Crippen molar-refractivity contribution in [3.63, 3.8) is 0 Å². The molecule has 1 aliphatic heterocycles. The molecule has 1 N–H and O–H groups in total. The SMILES string of the molecule is Cc1ccc(OC(C)(Cc2ccc(OCCC3CN(Cc4ccc(C(F)(F)F)cc4)C(=O)N3C)cc2)C(=O)O)cc1. The Balaban J connectivity index is 1.28. The number of rotatable bonds is 11. The molecule has 2 amide bonds. The van der Waals surface area contributed by atoms with Gasteiger partial charge in [-0.3, -0.25) is 0 Å². The Morgan fingerprint density at radius 3 is 2.12 bits per heavy atom. The summed E-state index contributed by atoms with van der Waals surface area (Å²) in [6, 6.07) is 18.9. The van der Waals surface area contributed by atoms with Crippen LogP contribution < -0.4 is 9.47 Å². The van der Waals surface area contributed by atoms with Gasteiger partial charge in [-0.15, -0.1) is 0 Å². The highest BCUT2D eigenvalue weighted by molar-refractivity contribution is 5.78. The molecule has 10 heteroatoms. The van der Waals surface area contributed by atoms with E-state index in [1.54, 1.807) is 60.2 Å². The number of carbonyl (C=O) groups excluding carboxylic acids is 1. The van der Waals surface area contributed by atoms with E-state index < -0.39 is 23.3 Å². The van der Waals surface area contributed by atoms with E-state index >= 15 is 0 Å². The van der Waals surface area contributed by atoms with Crippen molar-refractivity contribution in [3.8, 4) is 11.5 Å². The van der Waals surface area contributed by atoms with Gasteiger partial charge in [0.15, 0.2) is 0 Å². The zero-order valence-corrected chi connectivity index (χ0v) is 23.1. The van der Waals surface area contributed by atoms with Crippen LogP contribution >= 0.6 is 0 Å². The third kappa shape index (κ3) is 7.50. The molecular formula is C31H33F3N2O5. The van der Waals surface area contributed by atoms with Crippen molar-refractivity contribution in [3.05, 3.63) is 95.1 Å². The maximum absolute atomic E-state index is 12.8. The predicted molar refractivity (Wildman–Crippen MR) is 147 cm³/mol. The fourth-order valence-electron chi connectivity index (χ4n) is 4.70. The zero-order valence-electron chi connectivity index (χ0n) is 23.1. The highest BCUT2D eigenvalue weighted by Gasteiger charge is 2.37. The first-order valence-electron chi connectivity index (χ1n) is 13.2. The number of carboxylic acids is 1. The molecule has 0 aromatic heterocycles. The molecule has 3 aromatic rings. The number of carbonyl (C=O) groups is 2. The number of aliphatic carboxylic acids is 1. The summed E-state index contributed by atoms with van der Waals surface area (Å²) in [4.78, 5) is 28.0. The van der Waals surface area contributed by atoms with E-state index in [1.165, 1.54) is 12.1 Å². The van der Waals surface area contributed by atoms with E-state index in [9.17, 15) is 27.9 Å². The minimum atomic E-state index is -4.40. The van der Waals surface area contributed by atoms with Gasteiger partial charge in [0.05, 0.1) is 18.2 Å². The molecule has 2 atom stereocenters. The van der Waals surface area contributed by atoms with Crippen molar-refractivity contribution in [2.45, 2.75) is 51.1 Å². The number of urea groups is 1. The summed E-state index contributed by atoms with van der Waals surface area (Å²) in [5.41, 5.74) is 0.269. The van der Waals surface area contributed by atoms with E-state index in [0.29, 0.717) is 36.6 Å². The van der Waals surface area contributed by atoms with Crippen LogP contribution in [-0.4, -0.2) is 58.7 Å². The second-order valence-electron chi connectivity index (χ2n) is 10.5. The molecule has 1 fully saturated rings. The number of hydrogen-bond donors (Lipinski definition) is 1. The van der Waals surface area contributed by atoms with Gasteiger partial charge in [0, 0.05) is 33.0 Å². The lowest BCUT2D eigenvalue weighted by molar-refractivity contribution is -0.153. The van der Waals surface area contributed by atoms with Crippen LogP contribution in [-0.2, 0) is 23.9 Å². The van der Waals surface area contributed by atoms with E-state index in [-0.39, 0.29) is 25.0 Å². The number of amides is 2. The highest BCUT2D eigenvalue weighted by atomic mass is 19.4. The Bertz CT molecular complexity index is 1340. The van der Waals surface area contributed by atoms with Crippen molar-refractivity contribution in [1.29, 1.82) is 0 Å². The van der Waals surface area contributed by atoms with Gasteiger partial charge in [-0.1, -0.05) is 42.0 Å². The number of alkyl halides is 3. The van der Waals surface area contributed by atoms with Crippen LogP contribution in [0.1, 0.15) is 35.6 Å². The van der Waals surface area contributed by atoms with Crippen molar-refractivity contribution in [2.24, 2.45) is 0 Å². The predicted octanol–water partition coefficient (Wildman–Crippen LogP) is 6.18. The highest BCUT2D eigenvalue weighted by Crippen LogP contribution is 2.30. The lowest BCUT2D eigenvalue weighted by Crippen LogP contribution is -2.43. The van der Waals surface area contributed by atoms with Crippen LogP contribution in [0.3, 0.4) is 0 Å². The first kappa shape index (κ1) is 29.8. The molecule has 41 heavy (non-hydrogen) atoms. The van der Waals surface area contributed by atoms with E-state index in [4.69, 9.17) is 9.47 Å². The lowest BCUT2D eigenvalue weighted by Gasteiger charge is -2.26. The van der Waals surface area contributed by atoms with Crippen molar-refractivity contribution in [1.82, 2.24) is 9.80 Å². The van der Waals surface area contributed by atoms with Gasteiger partial charge < -0.3 is 24.4 Å². The number of ether oxygens (including phenoxy) is 2. The Morgan fingerprint density at radius 2 is 1.54 bits per heavy atom. The third-order valence-electron chi connectivity index (χ3n) is 7.21. The summed E-state index contributed by atoms with van der Waals surface area (Å²) in [5, 5.41) is 9.84. The van der Waals surface area contributed by atoms with Gasteiger partial charge in [0.1, 0.15) is 11.5 Å². The maximum Gasteiger partial charge on any atom is 0.416 e. The summed E-state index contributed by atoms with van der Waals surface area (Å²) in [6.45, 7) is 4.49. The summed E-state index contributed by atoms with van der Waals surface area (Å²) in [5.74, 6) is 0.0218. The molecule has 0 saturated carbocycles. The normalized spacial score (nSPS) is 16.9. The molecule has 1 heterocycles. The van der Waals surface area contributed by atoms with Gasteiger partial charge in [-0.2, -0.15) is 13.2 Å². The van der Waals surface area contributed by atoms with Crippen LogP contribution in [0.4, 0.5) is 18.0 Å². The number of halogens is 3. The topological polar surface area (TPSA) is 79.3 Å². The molecule has 4 rings (SSSR count). The number of hydrogen-bond acceptors (Lipinski definition) is 4. The van der Waals surface area contributed by atoms with Crippen LogP contribution in [0.5, 0.6) is 11.5 Å². The molecule has 1 aliphatic rings. The average Bonchev–Trinajstić information content (AvgIpc) is 3.18. The molecule has 218 valence electrons. The van der Waals surface area contributed by atoms with Gasteiger partial charge in [-0.25, -0.2) is 9.59 Å². The third-order valence-corrected chi connectivity index (χ3v) is 7.21. The molecule has 0 aliphatic carbocycles. The van der Waals surface area contributed by atoms with E-state index in [2.05, 4.69) is 0 Å². The Kier molecular flexibility index (Phi) is 8.80. The second-order valence-corrected chi connectivity index (χ2v) is 10.5. The Hall–Kier alpha value is -4.21. The van der Waals surface area contributed by atoms with Crippen LogP contribution in [0.25, 0.3) is 0 Å². The zero-order chi connectivity index (χ0) is 29.8. The number of benzene rings is 3. The van der Waals surface area contributed by atoms with Gasteiger partial charge in [0.2, 0.25) is 5.60 Å².